The Hall–Kier alpha value is -3.42. The molecule has 0 saturated carbocycles. The Morgan fingerprint density at radius 3 is 2.75 bits per heavy atom. The van der Waals surface area contributed by atoms with E-state index in [-0.39, 0.29) is 17.3 Å². The SMILES string of the molecule is Cc1cc(C(=O)NCc2cccc(-n3ccc(C(=O)O)n3)c2)no1. The molecule has 0 fully saturated rings. The van der Waals surface area contributed by atoms with Gasteiger partial charge in [0.2, 0.25) is 0 Å². The molecule has 0 aliphatic heterocycles. The van der Waals surface area contributed by atoms with Crippen molar-refractivity contribution >= 4 is 11.9 Å². The molecule has 3 aromatic rings. The van der Waals surface area contributed by atoms with Crippen molar-refractivity contribution in [2.75, 3.05) is 0 Å². The molecule has 8 heteroatoms. The van der Waals surface area contributed by atoms with E-state index in [1.807, 2.05) is 12.1 Å². The Morgan fingerprint density at radius 2 is 2.08 bits per heavy atom. The van der Waals surface area contributed by atoms with Gasteiger partial charge >= 0.3 is 5.97 Å². The van der Waals surface area contributed by atoms with E-state index in [0.29, 0.717) is 18.0 Å². The summed E-state index contributed by atoms with van der Waals surface area (Å²) in [7, 11) is 0. The molecule has 24 heavy (non-hydrogen) atoms. The lowest BCUT2D eigenvalue weighted by Crippen LogP contribution is -2.23. The normalized spacial score (nSPS) is 10.5. The summed E-state index contributed by atoms with van der Waals surface area (Å²) < 4.78 is 6.33. The summed E-state index contributed by atoms with van der Waals surface area (Å²) in [6.07, 6.45) is 1.57. The fraction of sp³-hybridized carbons (Fsp3) is 0.125. The van der Waals surface area contributed by atoms with Crippen LogP contribution in [-0.2, 0) is 6.54 Å². The van der Waals surface area contributed by atoms with Gasteiger partial charge in [-0.3, -0.25) is 4.79 Å². The minimum atomic E-state index is -1.08. The summed E-state index contributed by atoms with van der Waals surface area (Å²) in [6, 6.07) is 10.2. The van der Waals surface area contributed by atoms with Gasteiger partial charge in [0.25, 0.3) is 5.91 Å². The first-order chi connectivity index (χ1) is 11.5. The number of nitrogens with one attached hydrogen (secondary N) is 1. The molecule has 0 radical (unpaired) electrons. The number of benzene rings is 1. The van der Waals surface area contributed by atoms with Crippen molar-refractivity contribution in [1.82, 2.24) is 20.3 Å². The Kier molecular flexibility index (Phi) is 4.11. The molecule has 0 spiro atoms. The number of aromatic carboxylic acids is 1. The zero-order chi connectivity index (χ0) is 17.1. The number of carboxylic acid groups (broad SMARTS) is 1. The van der Waals surface area contributed by atoms with E-state index in [1.165, 1.54) is 10.7 Å². The van der Waals surface area contributed by atoms with Crippen LogP contribution in [-0.4, -0.2) is 31.9 Å². The van der Waals surface area contributed by atoms with Crippen molar-refractivity contribution in [3.8, 4) is 5.69 Å². The molecule has 8 nitrogen and oxygen atoms in total. The van der Waals surface area contributed by atoms with E-state index in [9.17, 15) is 9.59 Å². The van der Waals surface area contributed by atoms with E-state index in [1.54, 1.807) is 31.3 Å². The zero-order valence-corrected chi connectivity index (χ0v) is 12.8. The Morgan fingerprint density at radius 1 is 1.25 bits per heavy atom. The van der Waals surface area contributed by atoms with Crippen LogP contribution < -0.4 is 5.32 Å². The highest BCUT2D eigenvalue weighted by atomic mass is 16.5. The highest BCUT2D eigenvalue weighted by Gasteiger charge is 2.11. The van der Waals surface area contributed by atoms with Crippen LogP contribution in [0.2, 0.25) is 0 Å². The van der Waals surface area contributed by atoms with Crippen molar-refractivity contribution in [2.24, 2.45) is 0 Å². The molecule has 0 unspecified atom stereocenters. The van der Waals surface area contributed by atoms with Gasteiger partial charge in [0.15, 0.2) is 11.4 Å². The third-order valence-electron chi connectivity index (χ3n) is 3.30. The van der Waals surface area contributed by atoms with Crippen molar-refractivity contribution < 1.29 is 19.2 Å². The number of hydrogen-bond donors (Lipinski definition) is 2. The predicted octanol–water partition coefficient (Wildman–Crippen LogP) is 1.80. The molecule has 122 valence electrons. The maximum atomic E-state index is 11.9. The minimum Gasteiger partial charge on any atom is -0.476 e. The lowest BCUT2D eigenvalue weighted by molar-refractivity contribution is 0.0689. The number of carbonyl (C=O) groups is 2. The van der Waals surface area contributed by atoms with E-state index in [4.69, 9.17) is 9.63 Å². The summed E-state index contributed by atoms with van der Waals surface area (Å²) in [5, 5.41) is 19.3. The number of aromatic nitrogens is 3. The number of aryl methyl sites for hydroxylation is 1. The first-order valence-corrected chi connectivity index (χ1v) is 7.13. The fourth-order valence-corrected chi connectivity index (χ4v) is 2.14. The molecular weight excluding hydrogens is 312 g/mol. The molecule has 2 N–H and O–H groups in total. The first kappa shape index (κ1) is 15.5. The van der Waals surface area contributed by atoms with Crippen LogP contribution in [0.15, 0.2) is 47.1 Å². The largest absolute Gasteiger partial charge is 0.476 e. The van der Waals surface area contributed by atoms with Gasteiger partial charge in [0.05, 0.1) is 5.69 Å². The maximum Gasteiger partial charge on any atom is 0.356 e. The molecular formula is C16H14N4O4. The number of carboxylic acids is 1. The molecule has 1 aromatic carbocycles. The molecule has 3 rings (SSSR count). The molecule has 0 aliphatic rings. The van der Waals surface area contributed by atoms with Gasteiger partial charge < -0.3 is 14.9 Å². The smallest absolute Gasteiger partial charge is 0.356 e. The van der Waals surface area contributed by atoms with E-state index >= 15 is 0 Å². The fourth-order valence-electron chi connectivity index (χ4n) is 2.14. The van der Waals surface area contributed by atoms with Gasteiger partial charge in [-0.25, -0.2) is 9.48 Å². The van der Waals surface area contributed by atoms with Crippen LogP contribution >= 0.6 is 0 Å². The van der Waals surface area contributed by atoms with Crippen LogP contribution in [0, 0.1) is 6.92 Å². The summed E-state index contributed by atoms with van der Waals surface area (Å²) >= 11 is 0. The molecule has 0 saturated heterocycles. The van der Waals surface area contributed by atoms with Crippen LogP contribution in [0.5, 0.6) is 0 Å². The summed E-state index contributed by atoms with van der Waals surface area (Å²) in [5.74, 6) is -0.848. The van der Waals surface area contributed by atoms with Gasteiger partial charge in [-0.2, -0.15) is 5.10 Å². The van der Waals surface area contributed by atoms with Gasteiger partial charge in [-0.15, -0.1) is 0 Å². The van der Waals surface area contributed by atoms with Crippen LogP contribution in [0.1, 0.15) is 32.3 Å². The number of carbonyl (C=O) groups excluding carboxylic acids is 1. The number of rotatable bonds is 5. The van der Waals surface area contributed by atoms with E-state index < -0.39 is 5.97 Å². The van der Waals surface area contributed by atoms with Gasteiger partial charge in [0.1, 0.15) is 5.76 Å². The Balaban J connectivity index is 1.71. The number of amides is 1. The standard InChI is InChI=1S/C16H14N4O4/c1-10-7-14(19-24-10)15(21)17-9-11-3-2-4-12(8-11)20-6-5-13(18-20)16(22)23/h2-8H,9H2,1H3,(H,17,21)(H,22,23). The lowest BCUT2D eigenvalue weighted by atomic mass is 10.2. The average Bonchev–Trinajstić information content (AvgIpc) is 3.22. The monoisotopic (exact) mass is 326 g/mol. The highest BCUT2D eigenvalue weighted by molar-refractivity contribution is 5.92. The predicted molar refractivity (Wildman–Crippen MR) is 82.9 cm³/mol. The van der Waals surface area contributed by atoms with Crippen LogP contribution in [0.3, 0.4) is 0 Å². The molecule has 2 aromatic heterocycles. The second-order valence-corrected chi connectivity index (χ2v) is 5.13. The van der Waals surface area contributed by atoms with Crippen molar-refractivity contribution in [1.29, 1.82) is 0 Å². The number of hydrogen-bond acceptors (Lipinski definition) is 5. The van der Waals surface area contributed by atoms with E-state index in [0.717, 1.165) is 5.56 Å². The van der Waals surface area contributed by atoms with Crippen LogP contribution in [0.25, 0.3) is 5.69 Å². The molecule has 1 amide bonds. The third kappa shape index (κ3) is 3.32. The second-order valence-electron chi connectivity index (χ2n) is 5.13. The first-order valence-electron chi connectivity index (χ1n) is 7.13. The van der Waals surface area contributed by atoms with E-state index in [2.05, 4.69) is 15.6 Å². The Labute approximate surface area is 136 Å². The lowest BCUT2D eigenvalue weighted by Gasteiger charge is -2.06. The van der Waals surface area contributed by atoms with Gasteiger partial charge in [-0.1, -0.05) is 17.3 Å². The topological polar surface area (TPSA) is 110 Å². The van der Waals surface area contributed by atoms with Crippen molar-refractivity contribution in [2.45, 2.75) is 13.5 Å². The molecule has 2 heterocycles. The summed E-state index contributed by atoms with van der Waals surface area (Å²) in [5.41, 5.74) is 1.73. The zero-order valence-electron chi connectivity index (χ0n) is 12.8. The quantitative estimate of drug-likeness (QED) is 0.739. The summed E-state index contributed by atoms with van der Waals surface area (Å²) in [4.78, 5) is 22.8. The highest BCUT2D eigenvalue weighted by Crippen LogP contribution is 2.11. The van der Waals surface area contributed by atoms with Gasteiger partial charge in [-0.05, 0) is 30.7 Å². The van der Waals surface area contributed by atoms with Crippen molar-refractivity contribution in [3.05, 3.63) is 65.3 Å². The average molecular weight is 326 g/mol. The number of nitrogens with zero attached hydrogens (tertiary/aromatic N) is 3. The third-order valence-corrected chi connectivity index (χ3v) is 3.30. The molecule has 0 bridgehead atoms. The molecule has 0 aliphatic carbocycles. The Bertz CT molecular complexity index is 897. The molecule has 0 atom stereocenters. The summed E-state index contributed by atoms with van der Waals surface area (Å²) in [6.45, 7) is 2.01. The van der Waals surface area contributed by atoms with Crippen molar-refractivity contribution in [3.63, 3.8) is 0 Å². The van der Waals surface area contributed by atoms with Gasteiger partial charge in [0, 0.05) is 18.8 Å². The van der Waals surface area contributed by atoms with Crippen LogP contribution in [0.4, 0.5) is 0 Å². The maximum absolute atomic E-state index is 11.9. The second kappa shape index (κ2) is 6.37. The minimum absolute atomic E-state index is 0.0323.